The third-order valence-electron chi connectivity index (χ3n) is 2.93. The van der Waals surface area contributed by atoms with Crippen molar-refractivity contribution >= 4 is 0 Å². The lowest BCUT2D eigenvalue weighted by atomic mass is 10.2. The molecule has 2 aromatic heterocycles. The fourth-order valence-corrected chi connectivity index (χ4v) is 1.96. The highest BCUT2D eigenvalue weighted by atomic mass is 15.4. The third-order valence-corrected chi connectivity index (χ3v) is 2.93. The van der Waals surface area contributed by atoms with E-state index in [0.29, 0.717) is 6.54 Å². The van der Waals surface area contributed by atoms with Crippen molar-refractivity contribution in [2.75, 3.05) is 6.54 Å². The number of aromatic nitrogens is 4. The summed E-state index contributed by atoms with van der Waals surface area (Å²) in [6.07, 6.45) is 3.46. The molecule has 5 heteroatoms. The first-order valence-electron chi connectivity index (χ1n) is 6.35. The minimum atomic E-state index is -0.0334. The predicted octanol–water partition coefficient (Wildman–Crippen LogP) is 1.35. The second-order valence-electron chi connectivity index (χ2n) is 4.10. The maximum Gasteiger partial charge on any atom is 0.150 e. The Labute approximate surface area is 107 Å². The van der Waals surface area contributed by atoms with E-state index in [4.69, 9.17) is 5.73 Å². The molecule has 0 aliphatic carbocycles. The van der Waals surface area contributed by atoms with Crippen molar-refractivity contribution in [3.05, 3.63) is 41.7 Å². The summed E-state index contributed by atoms with van der Waals surface area (Å²) in [6, 6.07) is 5.81. The van der Waals surface area contributed by atoms with Gasteiger partial charge >= 0.3 is 0 Å². The van der Waals surface area contributed by atoms with Crippen LogP contribution in [0.2, 0.25) is 0 Å². The van der Waals surface area contributed by atoms with Crippen molar-refractivity contribution in [2.24, 2.45) is 5.73 Å². The molecule has 2 aromatic rings. The quantitative estimate of drug-likeness (QED) is 0.863. The highest BCUT2D eigenvalue weighted by molar-refractivity contribution is 5.12. The molecule has 0 aromatic carbocycles. The zero-order chi connectivity index (χ0) is 13.0. The molecule has 18 heavy (non-hydrogen) atoms. The molecule has 0 saturated heterocycles. The summed E-state index contributed by atoms with van der Waals surface area (Å²) < 4.78 is 1.92. The largest absolute Gasteiger partial charge is 0.328 e. The van der Waals surface area contributed by atoms with Crippen LogP contribution in [0.5, 0.6) is 0 Å². The standard InChI is InChI=1S/C13H19N5/c1-3-12-16-13(4-2)18(17-12)11(9-14)10-7-5-6-8-15-10/h5-8,11H,3-4,9,14H2,1-2H3. The van der Waals surface area contributed by atoms with E-state index in [9.17, 15) is 0 Å². The van der Waals surface area contributed by atoms with Crippen LogP contribution >= 0.6 is 0 Å². The number of pyridine rings is 1. The summed E-state index contributed by atoms with van der Waals surface area (Å²) in [5, 5.41) is 4.53. The Morgan fingerprint density at radius 3 is 2.67 bits per heavy atom. The number of hydrogen-bond acceptors (Lipinski definition) is 4. The summed E-state index contributed by atoms with van der Waals surface area (Å²) in [5.74, 6) is 1.83. The smallest absolute Gasteiger partial charge is 0.150 e. The summed E-state index contributed by atoms with van der Waals surface area (Å²) in [6.45, 7) is 4.60. The van der Waals surface area contributed by atoms with Crippen LogP contribution in [0.25, 0.3) is 0 Å². The first kappa shape index (κ1) is 12.7. The number of hydrogen-bond donors (Lipinski definition) is 1. The van der Waals surface area contributed by atoms with E-state index < -0.39 is 0 Å². The number of aryl methyl sites for hydroxylation is 2. The second-order valence-corrected chi connectivity index (χ2v) is 4.10. The summed E-state index contributed by atoms with van der Waals surface area (Å²) in [4.78, 5) is 8.88. The van der Waals surface area contributed by atoms with Gasteiger partial charge in [0, 0.05) is 25.6 Å². The predicted molar refractivity (Wildman–Crippen MR) is 70.2 cm³/mol. The normalized spacial score (nSPS) is 12.6. The third kappa shape index (κ3) is 2.41. The van der Waals surface area contributed by atoms with Gasteiger partial charge in [-0.25, -0.2) is 9.67 Å². The maximum absolute atomic E-state index is 5.88. The molecule has 2 N–H and O–H groups in total. The van der Waals surface area contributed by atoms with Crippen molar-refractivity contribution < 1.29 is 0 Å². The van der Waals surface area contributed by atoms with E-state index in [1.165, 1.54) is 0 Å². The lowest BCUT2D eigenvalue weighted by molar-refractivity contribution is 0.495. The van der Waals surface area contributed by atoms with Gasteiger partial charge in [-0.2, -0.15) is 5.10 Å². The maximum atomic E-state index is 5.88. The van der Waals surface area contributed by atoms with Gasteiger partial charge in [-0.05, 0) is 12.1 Å². The lowest BCUT2D eigenvalue weighted by Gasteiger charge is -2.16. The summed E-state index contributed by atoms with van der Waals surface area (Å²) in [5.41, 5.74) is 6.82. The SMILES string of the molecule is CCc1nc(CC)n(C(CN)c2ccccn2)n1. The minimum Gasteiger partial charge on any atom is -0.328 e. The molecule has 96 valence electrons. The van der Waals surface area contributed by atoms with Gasteiger partial charge in [0.1, 0.15) is 11.9 Å². The van der Waals surface area contributed by atoms with Gasteiger partial charge in [0.25, 0.3) is 0 Å². The van der Waals surface area contributed by atoms with E-state index in [2.05, 4.69) is 28.9 Å². The first-order chi connectivity index (χ1) is 8.80. The van der Waals surface area contributed by atoms with Gasteiger partial charge in [-0.1, -0.05) is 19.9 Å². The Hall–Kier alpha value is -1.75. The van der Waals surface area contributed by atoms with Gasteiger partial charge in [0.15, 0.2) is 5.82 Å². The van der Waals surface area contributed by atoms with Gasteiger partial charge in [0.05, 0.1) is 5.69 Å². The fourth-order valence-electron chi connectivity index (χ4n) is 1.96. The van der Waals surface area contributed by atoms with Crippen LogP contribution in [0.3, 0.4) is 0 Å². The van der Waals surface area contributed by atoms with E-state index in [1.807, 2.05) is 22.9 Å². The number of nitrogens with zero attached hydrogens (tertiary/aromatic N) is 4. The van der Waals surface area contributed by atoms with Crippen LogP contribution in [0.15, 0.2) is 24.4 Å². The molecule has 0 aliphatic heterocycles. The zero-order valence-corrected chi connectivity index (χ0v) is 10.9. The summed E-state index contributed by atoms with van der Waals surface area (Å²) in [7, 11) is 0. The molecule has 0 radical (unpaired) electrons. The van der Waals surface area contributed by atoms with Crippen molar-refractivity contribution in [3.63, 3.8) is 0 Å². The van der Waals surface area contributed by atoms with E-state index in [-0.39, 0.29) is 6.04 Å². The number of nitrogens with two attached hydrogens (primary N) is 1. The molecule has 0 aliphatic rings. The van der Waals surface area contributed by atoms with Crippen LogP contribution in [-0.2, 0) is 12.8 Å². The molecule has 0 spiro atoms. The average Bonchev–Trinajstić information content (AvgIpc) is 2.84. The minimum absolute atomic E-state index is 0.0334. The highest BCUT2D eigenvalue weighted by Gasteiger charge is 2.18. The Morgan fingerprint density at radius 2 is 2.11 bits per heavy atom. The molecule has 1 atom stereocenters. The molecule has 0 saturated carbocycles. The van der Waals surface area contributed by atoms with Gasteiger partial charge in [0.2, 0.25) is 0 Å². The molecule has 0 bridgehead atoms. The second kappa shape index (κ2) is 5.73. The molecule has 2 rings (SSSR count). The van der Waals surface area contributed by atoms with Gasteiger partial charge in [-0.15, -0.1) is 0 Å². The molecular weight excluding hydrogens is 226 g/mol. The molecule has 0 fully saturated rings. The molecule has 1 unspecified atom stereocenters. The van der Waals surface area contributed by atoms with Crippen LogP contribution in [0, 0.1) is 0 Å². The fraction of sp³-hybridized carbons (Fsp3) is 0.462. The van der Waals surface area contributed by atoms with Gasteiger partial charge in [-0.3, -0.25) is 4.98 Å². The Bertz CT molecular complexity index is 491. The number of rotatable bonds is 5. The van der Waals surface area contributed by atoms with Crippen LogP contribution < -0.4 is 5.73 Å². The van der Waals surface area contributed by atoms with E-state index in [0.717, 1.165) is 30.2 Å². The van der Waals surface area contributed by atoms with Crippen molar-refractivity contribution in [3.8, 4) is 0 Å². The van der Waals surface area contributed by atoms with Crippen LogP contribution in [-0.4, -0.2) is 26.3 Å². The van der Waals surface area contributed by atoms with Crippen molar-refractivity contribution in [2.45, 2.75) is 32.7 Å². The topological polar surface area (TPSA) is 69.6 Å². The summed E-state index contributed by atoms with van der Waals surface area (Å²) >= 11 is 0. The molecule has 5 nitrogen and oxygen atoms in total. The Balaban J connectivity index is 2.41. The highest BCUT2D eigenvalue weighted by Crippen LogP contribution is 2.16. The average molecular weight is 245 g/mol. The molecule has 2 heterocycles. The van der Waals surface area contributed by atoms with Crippen LogP contribution in [0.1, 0.15) is 37.2 Å². The van der Waals surface area contributed by atoms with Crippen LogP contribution in [0.4, 0.5) is 0 Å². The monoisotopic (exact) mass is 245 g/mol. The zero-order valence-electron chi connectivity index (χ0n) is 10.9. The van der Waals surface area contributed by atoms with E-state index >= 15 is 0 Å². The van der Waals surface area contributed by atoms with E-state index in [1.54, 1.807) is 6.20 Å². The molecule has 0 amide bonds. The van der Waals surface area contributed by atoms with Gasteiger partial charge < -0.3 is 5.73 Å². The Morgan fingerprint density at radius 1 is 1.28 bits per heavy atom. The van der Waals surface area contributed by atoms with Crippen molar-refractivity contribution in [1.29, 1.82) is 0 Å². The Kier molecular flexibility index (Phi) is 4.04. The van der Waals surface area contributed by atoms with Crippen molar-refractivity contribution in [1.82, 2.24) is 19.7 Å². The molecular formula is C13H19N5. The first-order valence-corrected chi connectivity index (χ1v) is 6.35. The lowest BCUT2D eigenvalue weighted by Crippen LogP contribution is -2.24.